The van der Waals surface area contributed by atoms with Gasteiger partial charge in [-0.05, 0) is 134 Å². The fourth-order valence-electron chi connectivity index (χ4n) is 12.0. The SMILES string of the molecule is CCN(CC)c1ccc2c(c1)Oc1cc(N(CC)CC)ccc1C2=c1ccccc1=C(O)OCCCOc1ccc(C2=C3C=CC(=N3)C(c3ccccc3)=C3C=CC(=N3)C(c3ccccc3)=C3C=CC(=[NH+]3)C(c3ccccc3)=C3C=CC2=N3)cc1. The highest BCUT2D eigenvalue weighted by Crippen LogP contribution is 2.45. The molecule has 8 bridgehead atoms. The zero-order chi connectivity index (χ0) is 57.8. The van der Waals surface area contributed by atoms with Crippen molar-refractivity contribution in [3.63, 3.8) is 0 Å². The lowest BCUT2D eigenvalue weighted by atomic mass is 9.90. The number of ether oxygens (including phenoxy) is 3. The molecule has 0 fully saturated rings. The molecule has 0 spiro atoms. The molecule has 7 aromatic carbocycles. The van der Waals surface area contributed by atoms with E-state index in [2.05, 4.69) is 212 Å². The van der Waals surface area contributed by atoms with Crippen LogP contribution in [0.3, 0.4) is 0 Å². The summed E-state index contributed by atoms with van der Waals surface area (Å²) < 4.78 is 19.3. The molecule has 0 radical (unpaired) electrons. The third-order valence-corrected chi connectivity index (χ3v) is 16.2. The van der Waals surface area contributed by atoms with Crippen molar-refractivity contribution in [1.82, 2.24) is 0 Å². The van der Waals surface area contributed by atoms with Gasteiger partial charge in [0, 0.05) is 96.1 Å². The highest BCUT2D eigenvalue weighted by Gasteiger charge is 2.31. The maximum Gasteiger partial charge on any atom is 0.284 e. The Bertz CT molecular complexity index is 4220. The van der Waals surface area contributed by atoms with Crippen LogP contribution < -0.4 is 34.7 Å². The normalized spacial score (nSPS) is 15.8. The second-order valence-corrected chi connectivity index (χ2v) is 21.1. The molecule has 7 aromatic rings. The number of aliphatic hydroxyl groups is 1. The van der Waals surface area contributed by atoms with Gasteiger partial charge in [0.1, 0.15) is 17.2 Å². The first-order chi connectivity index (χ1) is 41.9. The summed E-state index contributed by atoms with van der Waals surface area (Å²) in [7, 11) is 0. The minimum atomic E-state index is -0.146. The summed E-state index contributed by atoms with van der Waals surface area (Å²) in [6.45, 7) is 12.8. The molecule has 13 rings (SSSR count). The number of allylic oxidation sites excluding steroid dienone is 12. The van der Waals surface area contributed by atoms with E-state index in [4.69, 9.17) is 29.2 Å². The van der Waals surface area contributed by atoms with Gasteiger partial charge in [-0.1, -0.05) is 121 Å². The summed E-state index contributed by atoms with van der Waals surface area (Å²) in [5, 5.41) is 13.2. The molecule has 0 saturated heterocycles. The highest BCUT2D eigenvalue weighted by atomic mass is 16.6. The van der Waals surface area contributed by atoms with E-state index in [1.807, 2.05) is 54.6 Å². The molecule has 6 aliphatic heterocycles. The number of aliphatic imine (C=N–C) groups is 3. The Morgan fingerprint density at radius 3 is 1.47 bits per heavy atom. The van der Waals surface area contributed by atoms with E-state index < -0.39 is 0 Å². The molecular weight excluding hydrogens is 1050 g/mol. The molecule has 6 heterocycles. The number of hydrogen-bond acceptors (Lipinski definition) is 9. The number of nitrogens with one attached hydrogen (secondary N) is 1. The Morgan fingerprint density at radius 1 is 0.459 bits per heavy atom. The van der Waals surface area contributed by atoms with Gasteiger partial charge in [0.25, 0.3) is 5.95 Å². The summed E-state index contributed by atoms with van der Waals surface area (Å²) in [4.78, 5) is 24.8. The Balaban J connectivity index is 0.810. The molecular formula is C75H65N6O4+. The molecule has 10 nitrogen and oxygen atoms in total. The average Bonchev–Trinajstić information content (AvgIpc) is 4.49. The lowest BCUT2D eigenvalue weighted by Crippen LogP contribution is -2.68. The van der Waals surface area contributed by atoms with Crippen LogP contribution in [0.15, 0.2) is 262 Å². The summed E-state index contributed by atoms with van der Waals surface area (Å²) in [5.74, 6) is 2.11. The van der Waals surface area contributed by atoms with Gasteiger partial charge in [0.2, 0.25) is 11.4 Å². The molecule has 0 atom stereocenters. The molecule has 6 aliphatic rings. The number of rotatable bonds is 16. The zero-order valence-corrected chi connectivity index (χ0v) is 48.2. The predicted octanol–water partition coefficient (Wildman–Crippen LogP) is 12.9. The molecule has 0 saturated carbocycles. The smallest absolute Gasteiger partial charge is 0.284 e. The molecule has 0 aliphatic carbocycles. The number of benzene rings is 7. The Morgan fingerprint density at radius 2 is 0.929 bits per heavy atom. The maximum atomic E-state index is 11.8. The predicted molar refractivity (Wildman–Crippen MR) is 348 cm³/mol. The minimum Gasteiger partial charge on any atom is -0.493 e. The van der Waals surface area contributed by atoms with Crippen LogP contribution in [-0.4, -0.2) is 67.3 Å². The fourth-order valence-corrected chi connectivity index (χ4v) is 12.0. The molecule has 418 valence electrons. The van der Waals surface area contributed by atoms with Crippen molar-refractivity contribution in [2.24, 2.45) is 15.0 Å². The molecule has 0 aromatic heterocycles. The third kappa shape index (κ3) is 10.6. The van der Waals surface area contributed by atoms with Crippen molar-refractivity contribution >= 4 is 68.0 Å². The van der Waals surface area contributed by atoms with Crippen LogP contribution >= 0.6 is 0 Å². The fraction of sp³-hybridized carbons (Fsp3) is 0.147. The van der Waals surface area contributed by atoms with Gasteiger partial charge < -0.3 is 29.1 Å². The van der Waals surface area contributed by atoms with Crippen LogP contribution in [0, 0.1) is 0 Å². The zero-order valence-electron chi connectivity index (χ0n) is 48.2. The molecule has 85 heavy (non-hydrogen) atoms. The van der Waals surface area contributed by atoms with E-state index in [0.717, 1.165) is 161 Å². The number of hydrogen-bond donors (Lipinski definition) is 2. The van der Waals surface area contributed by atoms with E-state index in [9.17, 15) is 5.11 Å². The monoisotopic (exact) mass is 1110 g/mol. The second kappa shape index (κ2) is 23.9. The van der Waals surface area contributed by atoms with E-state index in [0.29, 0.717) is 24.0 Å². The van der Waals surface area contributed by atoms with Crippen molar-refractivity contribution in [1.29, 1.82) is 0 Å². The van der Waals surface area contributed by atoms with Crippen molar-refractivity contribution in [3.8, 4) is 17.2 Å². The van der Waals surface area contributed by atoms with Crippen LogP contribution in [-0.2, 0) is 4.74 Å². The molecule has 2 N–H and O–H groups in total. The van der Waals surface area contributed by atoms with Gasteiger partial charge >= 0.3 is 0 Å². The Hall–Kier alpha value is -10.3. The third-order valence-electron chi connectivity index (χ3n) is 16.2. The quantitative estimate of drug-likeness (QED) is 0.0934. The first-order valence-corrected chi connectivity index (χ1v) is 29.5. The first-order valence-electron chi connectivity index (χ1n) is 29.5. The van der Waals surface area contributed by atoms with Crippen molar-refractivity contribution in [3.05, 3.63) is 291 Å². The van der Waals surface area contributed by atoms with E-state index in [1.54, 1.807) is 0 Å². The van der Waals surface area contributed by atoms with Crippen LogP contribution in [0.2, 0.25) is 0 Å². The first kappa shape index (κ1) is 54.0. The van der Waals surface area contributed by atoms with Crippen molar-refractivity contribution < 1.29 is 24.3 Å². The van der Waals surface area contributed by atoms with Gasteiger partial charge in [-0.25, -0.2) is 20.0 Å². The van der Waals surface area contributed by atoms with E-state index >= 15 is 0 Å². The second-order valence-electron chi connectivity index (χ2n) is 21.1. The molecule has 0 amide bonds. The van der Waals surface area contributed by atoms with E-state index in [1.165, 1.54) is 0 Å². The lowest BCUT2D eigenvalue weighted by Gasteiger charge is -2.28. The average molecular weight is 1110 g/mol. The topological polar surface area (TPSA) is 105 Å². The van der Waals surface area contributed by atoms with E-state index in [-0.39, 0.29) is 12.6 Å². The number of fused-ring (bicyclic) bond motifs is 6. The van der Waals surface area contributed by atoms with Gasteiger partial charge in [0.15, 0.2) is 0 Å². The van der Waals surface area contributed by atoms with Crippen molar-refractivity contribution in [2.45, 2.75) is 34.1 Å². The number of nitrogens with zero attached hydrogens (tertiary/aromatic N) is 5. The van der Waals surface area contributed by atoms with Crippen LogP contribution in [0.4, 0.5) is 11.4 Å². The Labute approximate surface area is 496 Å². The number of anilines is 2. The van der Waals surface area contributed by atoms with Gasteiger partial charge in [0.05, 0.1) is 63.8 Å². The van der Waals surface area contributed by atoms with Crippen LogP contribution in [0.1, 0.15) is 67.5 Å². The van der Waals surface area contributed by atoms with Crippen molar-refractivity contribution in [2.75, 3.05) is 49.2 Å². The lowest BCUT2D eigenvalue weighted by molar-refractivity contribution is -0.383. The summed E-state index contributed by atoms with van der Waals surface area (Å²) >= 11 is 0. The van der Waals surface area contributed by atoms with Crippen LogP contribution in [0.25, 0.3) is 33.8 Å². The molecule has 0 unspecified atom stereocenters. The standard InChI is InChI=1S/C75H64N6O4/c1-5-80(6-2)53-31-35-58-68(47-53)85-69-48-54(81(7-3)8-4)32-36-59(69)74(58)56-27-18-19-28-57(56)75(82)84-46-20-45-83-55-33-29-52(30-34-55)73-66-43-41-64(78-66)71(50-23-14-10-15-24-50)62-39-37-60(76-62)70(49-21-12-9-13-22-49)61-38-40-63(77-61)72(51-25-16-11-17-26-51)65-42-44-67(73)79-65/h9-19,21-44,47-48,82H,5-8,20,45-46H2,1-4H3/p+1. The maximum absolute atomic E-state index is 11.8. The minimum absolute atomic E-state index is 0.146. The number of aliphatic hydroxyl groups excluding tert-OH is 1. The largest absolute Gasteiger partial charge is 0.493 e. The molecule has 10 heteroatoms. The highest BCUT2D eigenvalue weighted by molar-refractivity contribution is 6.38. The summed E-state index contributed by atoms with van der Waals surface area (Å²) in [6, 6.07) is 60.1. The van der Waals surface area contributed by atoms with Gasteiger partial charge in [-0.15, -0.1) is 0 Å². The van der Waals surface area contributed by atoms with Gasteiger partial charge in [-0.3, -0.25) is 0 Å². The Kier molecular flexibility index (Phi) is 15.2. The van der Waals surface area contributed by atoms with Crippen LogP contribution in [0.5, 0.6) is 17.2 Å². The van der Waals surface area contributed by atoms with Gasteiger partial charge in [-0.2, -0.15) is 0 Å². The summed E-state index contributed by atoms with van der Waals surface area (Å²) in [6.07, 6.45) is 17.4. The summed E-state index contributed by atoms with van der Waals surface area (Å²) in [5.41, 5.74) is 19.7.